The zero-order valence-corrected chi connectivity index (χ0v) is 14.7. The number of carbonyl (C=O) groups is 2. The highest BCUT2D eigenvalue weighted by Gasteiger charge is 2.21. The molecule has 1 N–H and O–H groups in total. The van der Waals surface area contributed by atoms with Crippen LogP contribution in [-0.2, 0) is 15.3 Å². The van der Waals surface area contributed by atoms with Gasteiger partial charge in [-0.1, -0.05) is 53.4 Å². The van der Waals surface area contributed by atoms with Crippen LogP contribution in [0.3, 0.4) is 0 Å². The first-order chi connectivity index (χ1) is 11.7. The van der Waals surface area contributed by atoms with E-state index in [-0.39, 0.29) is 18.4 Å². The smallest absolute Gasteiger partial charge is 0.245 e. The van der Waals surface area contributed by atoms with Crippen LogP contribution < -0.4 is 5.32 Å². The molecule has 126 valence electrons. The standard InChI is InChI=1S/C16H18N4O2S2/c21-13(10-20-9-5-4-8-14(20)22)17-15-18-19-16(24-15)23-11-12-6-2-1-3-7-12/h1-3,6-7H,4-5,8-11H2,(H,17,18,21). The fourth-order valence-electron chi connectivity index (χ4n) is 2.40. The Labute approximate surface area is 148 Å². The number of amides is 2. The molecule has 2 heterocycles. The van der Waals surface area contributed by atoms with Gasteiger partial charge in [0.15, 0.2) is 4.34 Å². The van der Waals surface area contributed by atoms with E-state index in [0.717, 1.165) is 22.9 Å². The summed E-state index contributed by atoms with van der Waals surface area (Å²) in [6, 6.07) is 10.1. The average Bonchev–Trinajstić information content (AvgIpc) is 3.03. The summed E-state index contributed by atoms with van der Waals surface area (Å²) in [4.78, 5) is 25.4. The van der Waals surface area contributed by atoms with Gasteiger partial charge in [-0.2, -0.15) is 0 Å². The molecule has 3 rings (SSSR count). The average molecular weight is 362 g/mol. The van der Waals surface area contributed by atoms with Gasteiger partial charge in [0, 0.05) is 18.7 Å². The molecule has 0 aliphatic carbocycles. The molecule has 0 unspecified atom stereocenters. The summed E-state index contributed by atoms with van der Waals surface area (Å²) in [6.45, 7) is 0.742. The summed E-state index contributed by atoms with van der Waals surface area (Å²) in [5.74, 6) is 0.639. The van der Waals surface area contributed by atoms with E-state index in [2.05, 4.69) is 27.6 Å². The van der Waals surface area contributed by atoms with Crippen molar-refractivity contribution in [2.75, 3.05) is 18.4 Å². The molecule has 6 nitrogen and oxygen atoms in total. The predicted octanol–water partition coefficient (Wildman–Crippen LogP) is 2.78. The van der Waals surface area contributed by atoms with Crippen LogP contribution in [0.5, 0.6) is 0 Å². The van der Waals surface area contributed by atoms with Crippen molar-refractivity contribution in [3.8, 4) is 0 Å². The minimum atomic E-state index is -0.221. The number of hydrogen-bond donors (Lipinski definition) is 1. The Bertz CT molecular complexity index is 705. The van der Waals surface area contributed by atoms with E-state index in [0.29, 0.717) is 18.1 Å². The normalized spacial score (nSPS) is 14.7. The molecule has 1 aromatic carbocycles. The molecule has 0 bridgehead atoms. The molecule has 2 aromatic rings. The molecule has 0 saturated carbocycles. The van der Waals surface area contributed by atoms with Crippen molar-refractivity contribution in [1.82, 2.24) is 15.1 Å². The molecule has 1 aromatic heterocycles. The fraction of sp³-hybridized carbons (Fsp3) is 0.375. The highest BCUT2D eigenvalue weighted by atomic mass is 32.2. The van der Waals surface area contributed by atoms with Crippen molar-refractivity contribution in [2.24, 2.45) is 0 Å². The number of aromatic nitrogens is 2. The third kappa shape index (κ3) is 4.78. The van der Waals surface area contributed by atoms with Crippen molar-refractivity contribution in [2.45, 2.75) is 29.4 Å². The van der Waals surface area contributed by atoms with Crippen molar-refractivity contribution in [3.63, 3.8) is 0 Å². The Balaban J connectivity index is 1.48. The lowest BCUT2D eigenvalue weighted by Gasteiger charge is -2.25. The van der Waals surface area contributed by atoms with Crippen LogP contribution in [0.25, 0.3) is 0 Å². The van der Waals surface area contributed by atoms with Gasteiger partial charge in [-0.15, -0.1) is 10.2 Å². The summed E-state index contributed by atoms with van der Waals surface area (Å²) in [7, 11) is 0. The number of likely N-dealkylation sites (tertiary alicyclic amines) is 1. The van der Waals surface area contributed by atoms with Gasteiger partial charge in [-0.3, -0.25) is 14.9 Å². The summed E-state index contributed by atoms with van der Waals surface area (Å²) in [6.07, 6.45) is 2.40. The van der Waals surface area contributed by atoms with Gasteiger partial charge in [-0.25, -0.2) is 0 Å². The van der Waals surface area contributed by atoms with Crippen LogP contribution in [0.4, 0.5) is 5.13 Å². The highest BCUT2D eigenvalue weighted by molar-refractivity contribution is 8.00. The maximum atomic E-state index is 12.0. The van der Waals surface area contributed by atoms with Gasteiger partial charge < -0.3 is 4.90 Å². The third-order valence-electron chi connectivity index (χ3n) is 3.61. The Kier molecular flexibility index (Phi) is 5.81. The van der Waals surface area contributed by atoms with Crippen molar-refractivity contribution < 1.29 is 9.59 Å². The van der Waals surface area contributed by atoms with Crippen LogP contribution in [0.15, 0.2) is 34.7 Å². The lowest BCUT2D eigenvalue weighted by atomic mass is 10.1. The Morgan fingerprint density at radius 3 is 2.88 bits per heavy atom. The number of piperidine rings is 1. The van der Waals surface area contributed by atoms with E-state index < -0.39 is 0 Å². The molecule has 1 aliphatic heterocycles. The van der Waals surface area contributed by atoms with Crippen LogP contribution in [0.1, 0.15) is 24.8 Å². The molecule has 0 atom stereocenters. The number of nitrogens with zero attached hydrogens (tertiary/aromatic N) is 3. The van der Waals surface area contributed by atoms with E-state index in [1.807, 2.05) is 18.2 Å². The molecular formula is C16H18N4O2S2. The number of thioether (sulfide) groups is 1. The van der Waals surface area contributed by atoms with Crippen molar-refractivity contribution >= 4 is 40.0 Å². The SMILES string of the molecule is O=C(CN1CCCCC1=O)Nc1nnc(SCc2ccccc2)s1. The zero-order chi connectivity index (χ0) is 16.8. The molecular weight excluding hydrogens is 344 g/mol. The molecule has 2 amide bonds. The van der Waals surface area contributed by atoms with Crippen molar-refractivity contribution in [3.05, 3.63) is 35.9 Å². The van der Waals surface area contributed by atoms with E-state index in [1.54, 1.807) is 16.7 Å². The third-order valence-corrected chi connectivity index (χ3v) is 5.66. The van der Waals surface area contributed by atoms with Crippen LogP contribution in [0.2, 0.25) is 0 Å². The zero-order valence-electron chi connectivity index (χ0n) is 13.1. The summed E-state index contributed by atoms with van der Waals surface area (Å²) in [5, 5.41) is 11.3. The maximum Gasteiger partial charge on any atom is 0.245 e. The lowest BCUT2D eigenvalue weighted by Crippen LogP contribution is -2.40. The van der Waals surface area contributed by atoms with Gasteiger partial charge >= 0.3 is 0 Å². The second kappa shape index (κ2) is 8.25. The monoisotopic (exact) mass is 362 g/mol. The van der Waals surface area contributed by atoms with E-state index in [1.165, 1.54) is 16.9 Å². The van der Waals surface area contributed by atoms with Crippen LogP contribution in [0, 0.1) is 0 Å². The summed E-state index contributed by atoms with van der Waals surface area (Å²) < 4.78 is 0.809. The van der Waals surface area contributed by atoms with Crippen molar-refractivity contribution in [1.29, 1.82) is 0 Å². The highest BCUT2D eigenvalue weighted by Crippen LogP contribution is 2.28. The van der Waals surface area contributed by atoms with Gasteiger partial charge in [0.05, 0.1) is 6.54 Å². The molecule has 24 heavy (non-hydrogen) atoms. The van der Waals surface area contributed by atoms with E-state index >= 15 is 0 Å². The quantitative estimate of drug-likeness (QED) is 0.632. The number of benzene rings is 1. The van der Waals surface area contributed by atoms with Gasteiger partial charge in [0.2, 0.25) is 16.9 Å². The summed E-state index contributed by atoms with van der Waals surface area (Å²) in [5.41, 5.74) is 1.21. The van der Waals surface area contributed by atoms with Gasteiger partial charge in [0.25, 0.3) is 0 Å². The van der Waals surface area contributed by atoms with E-state index in [4.69, 9.17) is 0 Å². The first kappa shape index (κ1) is 16.9. The molecule has 1 saturated heterocycles. The molecule has 0 spiro atoms. The van der Waals surface area contributed by atoms with Crippen LogP contribution >= 0.6 is 23.1 Å². The maximum absolute atomic E-state index is 12.0. The van der Waals surface area contributed by atoms with Gasteiger partial charge in [0.1, 0.15) is 0 Å². The molecule has 8 heteroatoms. The number of carbonyl (C=O) groups excluding carboxylic acids is 2. The first-order valence-corrected chi connectivity index (χ1v) is 9.59. The second-order valence-corrected chi connectivity index (χ2v) is 7.67. The number of anilines is 1. The Morgan fingerprint density at radius 2 is 2.08 bits per heavy atom. The van der Waals surface area contributed by atoms with E-state index in [9.17, 15) is 9.59 Å². The number of nitrogens with one attached hydrogen (secondary N) is 1. The molecule has 0 radical (unpaired) electrons. The Morgan fingerprint density at radius 1 is 1.25 bits per heavy atom. The largest absolute Gasteiger partial charge is 0.333 e. The van der Waals surface area contributed by atoms with Crippen LogP contribution in [-0.4, -0.2) is 40.0 Å². The van der Waals surface area contributed by atoms with Gasteiger partial charge in [-0.05, 0) is 18.4 Å². The summed E-state index contributed by atoms with van der Waals surface area (Å²) >= 11 is 2.94. The topological polar surface area (TPSA) is 75.2 Å². The minimum absolute atomic E-state index is 0.0489. The lowest BCUT2D eigenvalue weighted by molar-refractivity contribution is -0.136. The minimum Gasteiger partial charge on any atom is -0.333 e. The molecule has 1 fully saturated rings. The second-order valence-electron chi connectivity index (χ2n) is 5.47. The molecule has 1 aliphatic rings. The number of rotatable bonds is 6. The first-order valence-electron chi connectivity index (χ1n) is 7.78. The fourth-order valence-corrected chi connectivity index (χ4v) is 4.12. The Hall–Kier alpha value is -1.93. The predicted molar refractivity (Wildman–Crippen MR) is 95.0 cm³/mol. The number of hydrogen-bond acceptors (Lipinski definition) is 6.